The Hall–Kier alpha value is -1.67. The van der Waals surface area contributed by atoms with Gasteiger partial charge in [-0.1, -0.05) is 17.7 Å². The molecule has 1 saturated carbocycles. The van der Waals surface area contributed by atoms with Gasteiger partial charge in [-0.05, 0) is 25.5 Å². The molecule has 1 aromatic rings. The first-order chi connectivity index (χ1) is 7.96. The minimum absolute atomic E-state index is 0.100. The normalized spacial score (nSPS) is 27.2. The Kier molecular flexibility index (Phi) is 2.55. The third-order valence-corrected chi connectivity index (χ3v) is 5.35. The maximum Gasteiger partial charge on any atom is 0.183 e. The number of sulfone groups is 1. The molecule has 0 N–H and O–H groups in total. The molecule has 0 amide bonds. The van der Waals surface area contributed by atoms with Crippen molar-refractivity contribution in [2.45, 2.75) is 23.5 Å². The van der Waals surface area contributed by atoms with E-state index in [2.05, 4.69) is 0 Å². The summed E-state index contributed by atoms with van der Waals surface area (Å²) >= 11 is 0. The van der Waals surface area contributed by atoms with Crippen LogP contribution in [0.5, 0.6) is 0 Å². The fourth-order valence-corrected chi connectivity index (χ4v) is 3.80. The predicted molar refractivity (Wildman–Crippen MR) is 60.9 cm³/mol. The average molecular weight is 249 g/mol. The molecule has 0 bridgehead atoms. The second-order valence-corrected chi connectivity index (χ2v) is 6.45. The topological polar surface area (TPSA) is 75.0 Å². The SMILES string of the molecule is Cc1ccc(S(=O)(=O)[C@@H]2C[C@@]2(C#N)C=O)cc1. The van der Waals surface area contributed by atoms with Gasteiger partial charge in [-0.15, -0.1) is 0 Å². The molecule has 1 fully saturated rings. The first-order valence-electron chi connectivity index (χ1n) is 5.14. The molecule has 2 rings (SSSR count). The van der Waals surface area contributed by atoms with Crippen LogP contribution in [0.1, 0.15) is 12.0 Å². The van der Waals surface area contributed by atoms with Gasteiger partial charge in [-0.25, -0.2) is 8.42 Å². The lowest BCUT2D eigenvalue weighted by Crippen LogP contribution is -2.16. The van der Waals surface area contributed by atoms with Gasteiger partial charge in [-0.2, -0.15) is 5.26 Å². The van der Waals surface area contributed by atoms with Crippen LogP contribution in [0.15, 0.2) is 29.2 Å². The second-order valence-electron chi connectivity index (χ2n) is 4.32. The number of rotatable bonds is 3. The molecule has 0 radical (unpaired) electrons. The number of carbonyl (C=O) groups is 1. The van der Waals surface area contributed by atoms with E-state index in [0.29, 0.717) is 6.29 Å². The molecule has 5 heteroatoms. The van der Waals surface area contributed by atoms with E-state index in [1.807, 2.05) is 6.92 Å². The zero-order chi connectivity index (χ0) is 12.7. The number of nitrogens with zero attached hydrogens (tertiary/aromatic N) is 1. The van der Waals surface area contributed by atoms with Crippen molar-refractivity contribution in [2.24, 2.45) is 5.41 Å². The highest BCUT2D eigenvalue weighted by Crippen LogP contribution is 2.50. The summed E-state index contributed by atoms with van der Waals surface area (Å²) in [5.74, 6) is 0. The van der Waals surface area contributed by atoms with Crippen molar-refractivity contribution < 1.29 is 13.2 Å². The van der Waals surface area contributed by atoms with Crippen LogP contribution in [-0.2, 0) is 14.6 Å². The smallest absolute Gasteiger partial charge is 0.183 e. The molecule has 17 heavy (non-hydrogen) atoms. The molecule has 1 aliphatic carbocycles. The quantitative estimate of drug-likeness (QED) is 0.755. The summed E-state index contributed by atoms with van der Waals surface area (Å²) in [5.41, 5.74) is -0.370. The van der Waals surface area contributed by atoms with Crippen molar-refractivity contribution >= 4 is 16.1 Å². The van der Waals surface area contributed by atoms with Crippen molar-refractivity contribution in [1.29, 1.82) is 5.26 Å². The standard InChI is InChI=1S/C12H11NO3S/c1-9-2-4-10(5-3-9)17(15,16)11-6-12(11,7-13)8-14/h2-5,8,11H,6H2,1H3/t11-,12-/m1/s1. The zero-order valence-electron chi connectivity index (χ0n) is 9.25. The predicted octanol–water partition coefficient (Wildman–Crippen LogP) is 1.25. The third kappa shape index (κ3) is 1.75. The first-order valence-corrected chi connectivity index (χ1v) is 6.69. The molecule has 88 valence electrons. The van der Waals surface area contributed by atoms with Crippen molar-refractivity contribution in [3.63, 3.8) is 0 Å². The van der Waals surface area contributed by atoms with E-state index in [4.69, 9.17) is 5.26 Å². The molecule has 0 saturated heterocycles. The van der Waals surface area contributed by atoms with Gasteiger partial charge in [0.1, 0.15) is 11.7 Å². The van der Waals surface area contributed by atoms with Gasteiger partial charge in [0.15, 0.2) is 9.84 Å². The van der Waals surface area contributed by atoms with Crippen molar-refractivity contribution in [2.75, 3.05) is 0 Å². The lowest BCUT2D eigenvalue weighted by molar-refractivity contribution is -0.110. The number of carbonyl (C=O) groups excluding carboxylic acids is 1. The fourth-order valence-electron chi connectivity index (χ4n) is 1.79. The summed E-state index contributed by atoms with van der Waals surface area (Å²) in [4.78, 5) is 10.9. The van der Waals surface area contributed by atoms with Crippen LogP contribution in [0.4, 0.5) is 0 Å². The maximum atomic E-state index is 12.1. The van der Waals surface area contributed by atoms with Gasteiger partial charge in [-0.3, -0.25) is 0 Å². The fraction of sp³-hybridized carbons (Fsp3) is 0.333. The average Bonchev–Trinajstić information content (AvgIpc) is 3.06. The van der Waals surface area contributed by atoms with E-state index < -0.39 is 20.5 Å². The Morgan fingerprint density at radius 3 is 2.41 bits per heavy atom. The Balaban J connectivity index is 2.38. The Morgan fingerprint density at radius 2 is 2.00 bits per heavy atom. The molecule has 0 heterocycles. The largest absolute Gasteiger partial charge is 0.302 e. The van der Waals surface area contributed by atoms with Gasteiger partial charge < -0.3 is 4.79 Å². The van der Waals surface area contributed by atoms with E-state index >= 15 is 0 Å². The summed E-state index contributed by atoms with van der Waals surface area (Å²) in [6.07, 6.45) is 0.548. The highest BCUT2D eigenvalue weighted by atomic mass is 32.2. The minimum Gasteiger partial charge on any atom is -0.302 e. The van der Waals surface area contributed by atoms with E-state index in [9.17, 15) is 13.2 Å². The van der Waals surface area contributed by atoms with Crippen molar-refractivity contribution in [1.82, 2.24) is 0 Å². The van der Waals surface area contributed by atoms with Crippen LogP contribution < -0.4 is 0 Å². The minimum atomic E-state index is -3.57. The first kappa shape index (κ1) is 11.8. The van der Waals surface area contributed by atoms with Crippen LogP contribution >= 0.6 is 0 Å². The molecular formula is C12H11NO3S. The Labute approximate surface area is 99.8 Å². The second kappa shape index (κ2) is 3.67. The molecule has 0 aromatic heterocycles. The molecule has 0 unspecified atom stereocenters. The molecule has 0 spiro atoms. The van der Waals surface area contributed by atoms with Crippen LogP contribution in [0.2, 0.25) is 0 Å². The maximum absolute atomic E-state index is 12.1. The number of aryl methyl sites for hydroxylation is 1. The molecule has 4 nitrogen and oxygen atoms in total. The third-order valence-electron chi connectivity index (χ3n) is 3.08. The molecular weight excluding hydrogens is 238 g/mol. The number of hydrogen-bond acceptors (Lipinski definition) is 4. The Morgan fingerprint density at radius 1 is 1.41 bits per heavy atom. The van der Waals surface area contributed by atoms with Gasteiger partial charge in [0.2, 0.25) is 0 Å². The Bertz CT molecular complexity index is 598. The van der Waals surface area contributed by atoms with E-state index in [-0.39, 0.29) is 11.3 Å². The van der Waals surface area contributed by atoms with E-state index in [0.717, 1.165) is 5.56 Å². The van der Waals surface area contributed by atoms with Gasteiger partial charge in [0, 0.05) is 0 Å². The molecule has 0 aliphatic heterocycles. The highest BCUT2D eigenvalue weighted by Gasteiger charge is 2.62. The molecule has 1 aliphatic rings. The molecule has 2 atom stereocenters. The number of aldehydes is 1. The number of hydrogen-bond donors (Lipinski definition) is 0. The van der Waals surface area contributed by atoms with Crippen LogP contribution in [0.25, 0.3) is 0 Å². The van der Waals surface area contributed by atoms with Gasteiger partial charge >= 0.3 is 0 Å². The number of nitriles is 1. The van der Waals surface area contributed by atoms with Gasteiger partial charge in [0.05, 0.1) is 16.2 Å². The summed E-state index contributed by atoms with van der Waals surface area (Å²) in [7, 11) is -3.57. The van der Waals surface area contributed by atoms with Crippen LogP contribution in [0, 0.1) is 23.7 Å². The van der Waals surface area contributed by atoms with Crippen LogP contribution in [-0.4, -0.2) is 20.0 Å². The highest BCUT2D eigenvalue weighted by molar-refractivity contribution is 7.92. The summed E-state index contributed by atoms with van der Waals surface area (Å²) in [5, 5.41) is 7.95. The lowest BCUT2D eigenvalue weighted by Gasteiger charge is -2.04. The summed E-state index contributed by atoms with van der Waals surface area (Å²) in [6, 6.07) is 8.21. The van der Waals surface area contributed by atoms with E-state index in [1.54, 1.807) is 18.2 Å². The van der Waals surface area contributed by atoms with Crippen molar-refractivity contribution in [3.8, 4) is 6.07 Å². The van der Waals surface area contributed by atoms with E-state index in [1.165, 1.54) is 12.1 Å². The van der Waals surface area contributed by atoms with Crippen molar-refractivity contribution in [3.05, 3.63) is 29.8 Å². The zero-order valence-corrected chi connectivity index (χ0v) is 10.1. The summed E-state index contributed by atoms with van der Waals surface area (Å²) < 4.78 is 24.3. The van der Waals surface area contributed by atoms with Gasteiger partial charge in [0.25, 0.3) is 0 Å². The van der Waals surface area contributed by atoms with Crippen LogP contribution in [0.3, 0.4) is 0 Å². The summed E-state index contributed by atoms with van der Waals surface area (Å²) in [6.45, 7) is 1.86. The lowest BCUT2D eigenvalue weighted by atomic mass is 10.2. The number of benzene rings is 1. The monoisotopic (exact) mass is 249 g/mol. The molecule has 1 aromatic carbocycles.